The maximum atomic E-state index is 2.80. The van der Waals surface area contributed by atoms with Gasteiger partial charge in [0.2, 0.25) is 0 Å². The molecule has 0 aromatic rings. The van der Waals surface area contributed by atoms with Gasteiger partial charge in [-0.15, -0.1) is 0 Å². The fourth-order valence-corrected chi connectivity index (χ4v) is 4.39. The maximum absolute atomic E-state index is 2.80. The lowest BCUT2D eigenvalue weighted by Gasteiger charge is -2.53. The largest absolute Gasteiger partial charge is 0.305 e. The van der Waals surface area contributed by atoms with E-state index in [1.165, 1.54) is 64.7 Å². The quantitative estimate of drug-likeness (QED) is 0.690. The van der Waals surface area contributed by atoms with Crippen LogP contribution < -0.4 is 0 Å². The molecule has 0 bridgehead atoms. The lowest BCUT2D eigenvalue weighted by molar-refractivity contribution is -0.0339. The molecule has 1 spiro atoms. The summed E-state index contributed by atoms with van der Waals surface area (Å²) in [5.74, 6) is 0.974. The van der Waals surface area contributed by atoms with Crippen LogP contribution in [0.4, 0.5) is 0 Å². The number of nitrogens with zero attached hydrogens (tertiary/aromatic N) is 2. The molecule has 2 nitrogen and oxygen atoms in total. The normalized spacial score (nSPS) is 32.8. The number of rotatable bonds is 1. The standard InChI is InChI=1S/C15H28N2/c1-13-5-9-17(10-6-13)14-3-7-15(8-4-14)11-16(2)12-15/h13-14H,3-12H2,1-2H3. The molecular weight excluding hydrogens is 208 g/mol. The van der Waals surface area contributed by atoms with Gasteiger partial charge in [-0.2, -0.15) is 0 Å². The average molecular weight is 236 g/mol. The second kappa shape index (κ2) is 4.55. The van der Waals surface area contributed by atoms with E-state index >= 15 is 0 Å². The van der Waals surface area contributed by atoms with E-state index in [4.69, 9.17) is 0 Å². The molecule has 0 aromatic heterocycles. The SMILES string of the molecule is CC1CCN(C2CCC3(CC2)CN(C)C3)CC1. The van der Waals surface area contributed by atoms with Crippen molar-refractivity contribution in [1.29, 1.82) is 0 Å². The molecule has 3 rings (SSSR count). The number of hydrogen-bond donors (Lipinski definition) is 0. The predicted molar refractivity (Wildman–Crippen MR) is 72.2 cm³/mol. The molecule has 2 heterocycles. The van der Waals surface area contributed by atoms with Gasteiger partial charge < -0.3 is 9.80 Å². The van der Waals surface area contributed by atoms with Crippen LogP contribution in [-0.4, -0.2) is 49.1 Å². The third kappa shape index (κ3) is 2.39. The van der Waals surface area contributed by atoms with Crippen LogP contribution in [0.2, 0.25) is 0 Å². The van der Waals surface area contributed by atoms with Crippen molar-refractivity contribution in [2.75, 3.05) is 33.2 Å². The molecular formula is C15H28N2. The molecule has 1 aliphatic carbocycles. The first-order valence-corrected chi connectivity index (χ1v) is 7.59. The van der Waals surface area contributed by atoms with Crippen LogP contribution in [-0.2, 0) is 0 Å². The minimum Gasteiger partial charge on any atom is -0.305 e. The van der Waals surface area contributed by atoms with Crippen LogP contribution in [0.5, 0.6) is 0 Å². The van der Waals surface area contributed by atoms with Gasteiger partial charge in [0, 0.05) is 19.1 Å². The van der Waals surface area contributed by atoms with Crippen molar-refractivity contribution in [2.45, 2.75) is 51.5 Å². The topological polar surface area (TPSA) is 6.48 Å². The molecule has 2 saturated heterocycles. The van der Waals surface area contributed by atoms with Gasteiger partial charge in [0.1, 0.15) is 0 Å². The fraction of sp³-hybridized carbons (Fsp3) is 1.00. The third-order valence-electron chi connectivity index (χ3n) is 5.56. The Morgan fingerprint density at radius 2 is 1.53 bits per heavy atom. The van der Waals surface area contributed by atoms with E-state index in [1.807, 2.05) is 0 Å². The van der Waals surface area contributed by atoms with E-state index in [0.29, 0.717) is 0 Å². The molecule has 2 aliphatic heterocycles. The molecule has 0 amide bonds. The van der Waals surface area contributed by atoms with Gasteiger partial charge in [-0.25, -0.2) is 0 Å². The van der Waals surface area contributed by atoms with Gasteiger partial charge in [-0.1, -0.05) is 6.92 Å². The summed E-state index contributed by atoms with van der Waals surface area (Å²) in [7, 11) is 2.27. The number of likely N-dealkylation sites (tertiary alicyclic amines) is 2. The van der Waals surface area contributed by atoms with E-state index in [0.717, 1.165) is 17.4 Å². The summed E-state index contributed by atoms with van der Waals surface area (Å²) in [4.78, 5) is 5.29. The van der Waals surface area contributed by atoms with Gasteiger partial charge >= 0.3 is 0 Å². The van der Waals surface area contributed by atoms with E-state index < -0.39 is 0 Å². The summed E-state index contributed by atoms with van der Waals surface area (Å²) in [5.41, 5.74) is 0.744. The van der Waals surface area contributed by atoms with Gasteiger partial charge in [-0.05, 0) is 70.0 Å². The average Bonchev–Trinajstić information content (AvgIpc) is 2.30. The van der Waals surface area contributed by atoms with Crippen molar-refractivity contribution in [3.63, 3.8) is 0 Å². The zero-order valence-electron chi connectivity index (χ0n) is 11.6. The number of hydrogen-bond acceptors (Lipinski definition) is 2. The summed E-state index contributed by atoms with van der Waals surface area (Å²) >= 11 is 0. The van der Waals surface area contributed by atoms with Crippen LogP contribution in [0.3, 0.4) is 0 Å². The highest BCUT2D eigenvalue weighted by Crippen LogP contribution is 2.44. The zero-order chi connectivity index (χ0) is 11.9. The van der Waals surface area contributed by atoms with Gasteiger partial charge in [0.05, 0.1) is 0 Å². The van der Waals surface area contributed by atoms with E-state index in [-0.39, 0.29) is 0 Å². The Balaban J connectivity index is 1.48. The minimum atomic E-state index is 0.744. The highest BCUT2D eigenvalue weighted by atomic mass is 15.2. The minimum absolute atomic E-state index is 0.744. The highest BCUT2D eigenvalue weighted by Gasteiger charge is 2.44. The number of piperidine rings is 1. The lowest BCUT2D eigenvalue weighted by Crippen LogP contribution is -2.57. The molecule has 98 valence electrons. The van der Waals surface area contributed by atoms with Crippen LogP contribution in [0, 0.1) is 11.3 Å². The van der Waals surface area contributed by atoms with E-state index in [1.54, 1.807) is 0 Å². The second-order valence-corrected chi connectivity index (χ2v) is 7.12. The molecule has 2 heteroatoms. The zero-order valence-corrected chi connectivity index (χ0v) is 11.6. The summed E-state index contributed by atoms with van der Waals surface area (Å²) in [5, 5.41) is 0. The smallest absolute Gasteiger partial charge is 0.00957 e. The van der Waals surface area contributed by atoms with E-state index in [9.17, 15) is 0 Å². The molecule has 17 heavy (non-hydrogen) atoms. The Kier molecular flexibility index (Phi) is 3.20. The molecule has 0 unspecified atom stereocenters. The second-order valence-electron chi connectivity index (χ2n) is 7.12. The predicted octanol–water partition coefficient (Wildman–Crippen LogP) is 2.59. The molecule has 0 N–H and O–H groups in total. The van der Waals surface area contributed by atoms with Crippen molar-refractivity contribution in [2.24, 2.45) is 11.3 Å². The Morgan fingerprint density at radius 3 is 2.06 bits per heavy atom. The van der Waals surface area contributed by atoms with Gasteiger partial charge in [-0.3, -0.25) is 0 Å². The molecule has 1 saturated carbocycles. The molecule has 0 atom stereocenters. The Bertz CT molecular complexity index is 252. The Morgan fingerprint density at radius 1 is 0.941 bits per heavy atom. The van der Waals surface area contributed by atoms with Crippen LogP contribution in [0.25, 0.3) is 0 Å². The highest BCUT2D eigenvalue weighted by molar-refractivity contribution is 4.98. The Labute approximate surface area is 106 Å². The van der Waals surface area contributed by atoms with Crippen molar-refractivity contribution in [1.82, 2.24) is 9.80 Å². The van der Waals surface area contributed by atoms with Gasteiger partial charge in [0.25, 0.3) is 0 Å². The molecule has 0 aromatic carbocycles. The van der Waals surface area contributed by atoms with Crippen molar-refractivity contribution in [3.8, 4) is 0 Å². The van der Waals surface area contributed by atoms with Crippen LogP contribution in [0.15, 0.2) is 0 Å². The molecule has 3 aliphatic rings. The van der Waals surface area contributed by atoms with Crippen LogP contribution in [0.1, 0.15) is 45.4 Å². The van der Waals surface area contributed by atoms with Crippen LogP contribution >= 0.6 is 0 Å². The Hall–Kier alpha value is -0.0800. The summed E-state index contributed by atoms with van der Waals surface area (Å²) in [6.07, 6.45) is 8.81. The summed E-state index contributed by atoms with van der Waals surface area (Å²) < 4.78 is 0. The monoisotopic (exact) mass is 236 g/mol. The van der Waals surface area contributed by atoms with E-state index in [2.05, 4.69) is 23.8 Å². The first kappa shape index (κ1) is 12.0. The van der Waals surface area contributed by atoms with Gasteiger partial charge in [0.15, 0.2) is 0 Å². The van der Waals surface area contributed by atoms with Crippen molar-refractivity contribution < 1.29 is 0 Å². The fourth-order valence-electron chi connectivity index (χ4n) is 4.39. The third-order valence-corrected chi connectivity index (χ3v) is 5.56. The van der Waals surface area contributed by atoms with Crippen molar-refractivity contribution in [3.05, 3.63) is 0 Å². The molecule has 3 fully saturated rings. The molecule has 0 radical (unpaired) electrons. The first-order chi connectivity index (χ1) is 8.17. The summed E-state index contributed by atoms with van der Waals surface area (Å²) in [6, 6.07) is 0.930. The van der Waals surface area contributed by atoms with Crippen molar-refractivity contribution >= 4 is 0 Å². The first-order valence-electron chi connectivity index (χ1n) is 7.59. The lowest BCUT2D eigenvalue weighted by atomic mass is 9.67. The summed E-state index contributed by atoms with van der Waals surface area (Å²) in [6.45, 7) is 7.91. The maximum Gasteiger partial charge on any atom is 0.00957 e.